The van der Waals surface area contributed by atoms with Crippen LogP contribution in [0.5, 0.6) is 0 Å². The summed E-state index contributed by atoms with van der Waals surface area (Å²) in [5, 5.41) is 8.19. The molecule has 2 heterocycles. The predicted octanol–water partition coefficient (Wildman–Crippen LogP) is 0.972. The monoisotopic (exact) mass is 340 g/mol. The van der Waals surface area contributed by atoms with Gasteiger partial charge in [0.1, 0.15) is 0 Å². The van der Waals surface area contributed by atoms with E-state index < -0.39 is 9.84 Å². The van der Waals surface area contributed by atoms with Gasteiger partial charge in [0.15, 0.2) is 21.3 Å². The van der Waals surface area contributed by atoms with E-state index in [1.54, 1.807) is 17.0 Å². The fraction of sp³-hybridized carbons (Fsp3) is 0.667. The van der Waals surface area contributed by atoms with Gasteiger partial charge < -0.3 is 9.80 Å². The van der Waals surface area contributed by atoms with Crippen LogP contribution in [-0.4, -0.2) is 66.6 Å². The minimum absolute atomic E-state index is 0.0661. The highest BCUT2D eigenvalue weighted by Gasteiger charge is 2.32. The van der Waals surface area contributed by atoms with Gasteiger partial charge in [0.2, 0.25) is 0 Å². The summed E-state index contributed by atoms with van der Waals surface area (Å²) in [4.78, 5) is 15.9. The van der Waals surface area contributed by atoms with E-state index in [1.807, 2.05) is 25.7 Å². The lowest BCUT2D eigenvalue weighted by Crippen LogP contribution is -2.37. The van der Waals surface area contributed by atoms with Gasteiger partial charge in [-0.3, -0.25) is 4.79 Å². The van der Waals surface area contributed by atoms with Gasteiger partial charge >= 0.3 is 0 Å². The Morgan fingerprint density at radius 2 is 1.87 bits per heavy atom. The first-order valence-electron chi connectivity index (χ1n) is 8.01. The Kier molecular flexibility index (Phi) is 5.56. The van der Waals surface area contributed by atoms with Crippen molar-refractivity contribution < 1.29 is 13.2 Å². The molecule has 1 aliphatic rings. The van der Waals surface area contributed by atoms with Crippen molar-refractivity contribution in [1.82, 2.24) is 15.1 Å². The first-order valence-corrected chi connectivity index (χ1v) is 9.84. The lowest BCUT2D eigenvalue weighted by atomic mass is 10.2. The first kappa shape index (κ1) is 17.7. The van der Waals surface area contributed by atoms with E-state index >= 15 is 0 Å². The number of hydrogen-bond acceptors (Lipinski definition) is 6. The smallest absolute Gasteiger partial charge is 0.274 e. The zero-order valence-electron chi connectivity index (χ0n) is 13.9. The maximum Gasteiger partial charge on any atom is 0.274 e. The Labute approximate surface area is 137 Å². The van der Waals surface area contributed by atoms with Crippen LogP contribution < -0.4 is 4.90 Å². The number of anilines is 1. The van der Waals surface area contributed by atoms with E-state index in [9.17, 15) is 13.2 Å². The molecular formula is C15H24N4O3S. The molecule has 1 atom stereocenters. The number of nitrogens with zero attached hydrogens (tertiary/aromatic N) is 4. The summed E-state index contributed by atoms with van der Waals surface area (Å²) in [5.74, 6) is 0.856. The van der Waals surface area contributed by atoms with Crippen LogP contribution in [0, 0.1) is 0 Å². The van der Waals surface area contributed by atoms with Crippen molar-refractivity contribution in [1.29, 1.82) is 0 Å². The quantitative estimate of drug-likeness (QED) is 0.767. The average Bonchev–Trinajstić information content (AvgIpc) is 2.89. The second-order valence-electron chi connectivity index (χ2n) is 5.60. The van der Waals surface area contributed by atoms with Crippen LogP contribution >= 0.6 is 0 Å². The Bertz CT molecular complexity index is 641. The molecule has 0 aromatic carbocycles. The van der Waals surface area contributed by atoms with E-state index in [1.165, 1.54) is 0 Å². The molecule has 0 radical (unpaired) electrons. The summed E-state index contributed by atoms with van der Waals surface area (Å²) >= 11 is 0. The number of carbonyl (C=O) groups is 1. The molecule has 0 N–H and O–H groups in total. The van der Waals surface area contributed by atoms with Crippen LogP contribution in [0.3, 0.4) is 0 Å². The fourth-order valence-electron chi connectivity index (χ4n) is 2.89. The van der Waals surface area contributed by atoms with Gasteiger partial charge in [0.05, 0.1) is 11.5 Å². The van der Waals surface area contributed by atoms with Crippen LogP contribution in [0.1, 0.15) is 37.7 Å². The first-order chi connectivity index (χ1) is 10.9. The van der Waals surface area contributed by atoms with Gasteiger partial charge in [-0.15, -0.1) is 10.2 Å². The third kappa shape index (κ3) is 3.99. The van der Waals surface area contributed by atoms with Crippen molar-refractivity contribution in [2.24, 2.45) is 0 Å². The third-order valence-corrected chi connectivity index (χ3v) is 5.95. The summed E-state index contributed by atoms with van der Waals surface area (Å²) in [6.07, 6.45) is 0.609. The van der Waals surface area contributed by atoms with Crippen molar-refractivity contribution in [2.45, 2.75) is 33.2 Å². The summed E-state index contributed by atoms with van der Waals surface area (Å²) in [7, 11) is -2.95. The Morgan fingerprint density at radius 3 is 2.30 bits per heavy atom. The van der Waals surface area contributed by atoms with Gasteiger partial charge in [-0.05, 0) is 39.3 Å². The summed E-state index contributed by atoms with van der Waals surface area (Å²) in [6.45, 7) is 7.70. The van der Waals surface area contributed by atoms with Crippen LogP contribution in [0.4, 0.5) is 5.82 Å². The molecule has 2 rings (SSSR count). The number of hydrogen-bond donors (Lipinski definition) is 0. The predicted molar refractivity (Wildman–Crippen MR) is 89.4 cm³/mol. The molecule has 1 aromatic heterocycles. The number of rotatable bonds is 6. The van der Waals surface area contributed by atoms with Crippen molar-refractivity contribution in [2.75, 3.05) is 36.0 Å². The van der Waals surface area contributed by atoms with E-state index in [4.69, 9.17) is 0 Å². The van der Waals surface area contributed by atoms with E-state index in [0.717, 1.165) is 0 Å². The third-order valence-electron chi connectivity index (χ3n) is 4.20. The zero-order valence-corrected chi connectivity index (χ0v) is 14.7. The molecule has 0 saturated carbocycles. The molecule has 1 amide bonds. The molecule has 0 bridgehead atoms. The zero-order chi connectivity index (χ0) is 17.0. The second-order valence-corrected chi connectivity index (χ2v) is 7.83. The van der Waals surface area contributed by atoms with Crippen LogP contribution in [0.15, 0.2) is 12.1 Å². The molecule has 1 fully saturated rings. The number of aromatic nitrogens is 2. The minimum atomic E-state index is -2.95. The van der Waals surface area contributed by atoms with E-state index in [2.05, 4.69) is 10.2 Å². The molecule has 0 aliphatic carbocycles. The van der Waals surface area contributed by atoms with Crippen LogP contribution in [-0.2, 0) is 9.84 Å². The molecule has 0 spiro atoms. The molecule has 1 aliphatic heterocycles. The molecular weight excluding hydrogens is 316 g/mol. The van der Waals surface area contributed by atoms with Crippen LogP contribution in [0.25, 0.3) is 0 Å². The standard InChI is InChI=1S/C15H24N4O3S/c1-4-18(5-2)15(20)13-7-8-14(17-16-13)19(6-3)12-9-10-23(21,22)11-12/h7-8,12H,4-6,9-11H2,1-3H3. The SMILES string of the molecule is CCN(CC)C(=O)c1ccc(N(CC)C2CCS(=O)(=O)C2)nn1. The van der Waals surface area contributed by atoms with Gasteiger partial charge in [0, 0.05) is 25.7 Å². The number of amides is 1. The summed E-state index contributed by atoms with van der Waals surface area (Å²) in [6, 6.07) is 3.34. The van der Waals surface area contributed by atoms with Crippen molar-refractivity contribution in [3.05, 3.63) is 17.8 Å². The largest absolute Gasteiger partial charge is 0.351 e. The minimum Gasteiger partial charge on any atom is -0.351 e. The fourth-order valence-corrected chi connectivity index (χ4v) is 4.62. The highest BCUT2D eigenvalue weighted by atomic mass is 32.2. The topological polar surface area (TPSA) is 83.5 Å². The van der Waals surface area contributed by atoms with E-state index in [-0.39, 0.29) is 23.5 Å². The Hall–Kier alpha value is -1.70. The Balaban J connectivity index is 2.16. The lowest BCUT2D eigenvalue weighted by molar-refractivity contribution is 0.0766. The average molecular weight is 340 g/mol. The maximum absolute atomic E-state index is 12.2. The van der Waals surface area contributed by atoms with E-state index in [0.29, 0.717) is 37.6 Å². The molecule has 128 valence electrons. The molecule has 1 saturated heterocycles. The van der Waals surface area contributed by atoms with Crippen molar-refractivity contribution in [3.63, 3.8) is 0 Å². The van der Waals surface area contributed by atoms with Crippen molar-refractivity contribution >= 4 is 21.6 Å². The van der Waals surface area contributed by atoms with Crippen molar-refractivity contribution in [3.8, 4) is 0 Å². The number of sulfone groups is 1. The highest BCUT2D eigenvalue weighted by Crippen LogP contribution is 2.22. The summed E-state index contributed by atoms with van der Waals surface area (Å²) < 4.78 is 23.3. The normalized spacial score (nSPS) is 19.5. The van der Waals surface area contributed by atoms with Crippen LogP contribution in [0.2, 0.25) is 0 Å². The van der Waals surface area contributed by atoms with Gasteiger partial charge in [-0.25, -0.2) is 8.42 Å². The maximum atomic E-state index is 12.2. The molecule has 1 aromatic rings. The van der Waals surface area contributed by atoms with Gasteiger partial charge in [-0.2, -0.15) is 0 Å². The molecule has 1 unspecified atom stereocenters. The summed E-state index contributed by atoms with van der Waals surface area (Å²) in [5.41, 5.74) is 0.313. The van der Waals surface area contributed by atoms with Gasteiger partial charge in [0.25, 0.3) is 5.91 Å². The molecule has 8 heteroatoms. The number of carbonyl (C=O) groups excluding carboxylic acids is 1. The van der Waals surface area contributed by atoms with Gasteiger partial charge in [-0.1, -0.05) is 0 Å². The lowest BCUT2D eigenvalue weighted by Gasteiger charge is -2.27. The second kappa shape index (κ2) is 7.25. The molecule has 23 heavy (non-hydrogen) atoms. The Morgan fingerprint density at radius 1 is 1.17 bits per heavy atom. The molecule has 7 nitrogen and oxygen atoms in total. The highest BCUT2D eigenvalue weighted by molar-refractivity contribution is 7.91.